The zero-order valence-corrected chi connectivity index (χ0v) is 9.80. The Morgan fingerprint density at radius 1 is 1.47 bits per heavy atom. The fraction of sp³-hybridized carbons (Fsp3) is 0.364. The third-order valence-electron chi connectivity index (χ3n) is 2.54. The van der Waals surface area contributed by atoms with Gasteiger partial charge in [0.1, 0.15) is 11.5 Å². The number of nitrogens with one attached hydrogen (secondary N) is 1. The average molecular weight is 234 g/mol. The molecule has 1 aromatic heterocycles. The molecule has 1 aromatic rings. The van der Waals surface area contributed by atoms with E-state index in [0.717, 1.165) is 6.42 Å². The first-order valence-electron chi connectivity index (χ1n) is 5.45. The molecule has 0 aromatic carbocycles. The quantitative estimate of drug-likeness (QED) is 0.619. The molecule has 1 aliphatic heterocycles. The third-order valence-corrected chi connectivity index (χ3v) is 2.54. The summed E-state index contributed by atoms with van der Waals surface area (Å²) in [6, 6.07) is -0.364. The van der Waals surface area contributed by atoms with E-state index in [1.165, 1.54) is 4.90 Å². The summed E-state index contributed by atoms with van der Waals surface area (Å²) in [5.74, 6) is 0.340. The number of urea groups is 1. The molecule has 0 atom stereocenters. The van der Waals surface area contributed by atoms with Crippen LogP contribution in [0.25, 0.3) is 6.08 Å². The van der Waals surface area contributed by atoms with Crippen molar-refractivity contribution >= 4 is 18.0 Å². The van der Waals surface area contributed by atoms with Crippen molar-refractivity contribution in [1.82, 2.24) is 19.8 Å². The molecule has 2 heterocycles. The van der Waals surface area contributed by atoms with E-state index in [4.69, 9.17) is 0 Å². The Balaban J connectivity index is 2.25. The van der Waals surface area contributed by atoms with E-state index in [-0.39, 0.29) is 17.6 Å². The molecule has 2 rings (SSSR count). The number of carbonyl (C=O) groups is 2. The highest BCUT2D eigenvalue weighted by molar-refractivity contribution is 6.13. The minimum Gasteiger partial charge on any atom is -0.334 e. The number of aromatic nitrogens is 2. The second-order valence-electron chi connectivity index (χ2n) is 3.84. The molecule has 1 aliphatic rings. The van der Waals surface area contributed by atoms with Crippen molar-refractivity contribution in [2.75, 3.05) is 6.54 Å². The maximum absolute atomic E-state index is 11.9. The van der Waals surface area contributed by atoms with Crippen LogP contribution in [0.4, 0.5) is 4.79 Å². The molecular formula is C11H14N4O2. The topological polar surface area (TPSA) is 67.2 Å². The highest BCUT2D eigenvalue weighted by atomic mass is 16.2. The molecule has 0 saturated carbocycles. The van der Waals surface area contributed by atoms with E-state index in [0.29, 0.717) is 12.4 Å². The van der Waals surface area contributed by atoms with Gasteiger partial charge in [-0.25, -0.2) is 9.78 Å². The minimum absolute atomic E-state index is 0.276. The van der Waals surface area contributed by atoms with Crippen molar-refractivity contribution < 1.29 is 9.59 Å². The van der Waals surface area contributed by atoms with Gasteiger partial charge in [-0.1, -0.05) is 6.92 Å². The van der Waals surface area contributed by atoms with Crippen LogP contribution in [0, 0.1) is 0 Å². The van der Waals surface area contributed by atoms with E-state index >= 15 is 0 Å². The Labute approximate surface area is 98.9 Å². The molecule has 3 amide bonds. The summed E-state index contributed by atoms with van der Waals surface area (Å²) in [6.45, 7) is 2.35. The lowest BCUT2D eigenvalue weighted by Gasteiger charge is -2.08. The van der Waals surface area contributed by atoms with Gasteiger partial charge in [0.15, 0.2) is 0 Å². The summed E-state index contributed by atoms with van der Waals surface area (Å²) in [4.78, 5) is 28.7. The van der Waals surface area contributed by atoms with Gasteiger partial charge >= 0.3 is 6.03 Å². The van der Waals surface area contributed by atoms with Crippen LogP contribution in [-0.2, 0) is 11.8 Å². The van der Waals surface area contributed by atoms with Crippen LogP contribution in [-0.4, -0.2) is 32.9 Å². The Kier molecular flexibility index (Phi) is 2.95. The molecule has 6 heteroatoms. The van der Waals surface area contributed by atoms with Crippen molar-refractivity contribution in [3.05, 3.63) is 23.9 Å². The second kappa shape index (κ2) is 4.40. The number of imide groups is 1. The summed E-state index contributed by atoms with van der Waals surface area (Å²) in [6.07, 6.45) is 5.74. The third kappa shape index (κ3) is 2.06. The van der Waals surface area contributed by atoms with Crippen molar-refractivity contribution in [1.29, 1.82) is 0 Å². The van der Waals surface area contributed by atoms with Gasteiger partial charge in [0.25, 0.3) is 5.91 Å². The van der Waals surface area contributed by atoms with Crippen molar-refractivity contribution in [2.45, 2.75) is 13.3 Å². The van der Waals surface area contributed by atoms with E-state index < -0.39 is 0 Å². The van der Waals surface area contributed by atoms with Crippen molar-refractivity contribution in [2.24, 2.45) is 7.05 Å². The number of aryl methyl sites for hydroxylation is 1. The molecule has 1 fully saturated rings. The Bertz CT molecular complexity index is 489. The Morgan fingerprint density at radius 3 is 2.82 bits per heavy atom. The van der Waals surface area contributed by atoms with Crippen LogP contribution in [0.2, 0.25) is 0 Å². The van der Waals surface area contributed by atoms with Gasteiger partial charge in [0.05, 0.1) is 0 Å². The minimum atomic E-state index is -0.364. The number of imidazole rings is 1. The lowest BCUT2D eigenvalue weighted by atomic mass is 10.3. The SMILES string of the molecule is CCCN1C(=O)N/C(=C\c2nccn2C)C1=O. The second-order valence-corrected chi connectivity index (χ2v) is 3.84. The molecular weight excluding hydrogens is 220 g/mol. The first kappa shape index (κ1) is 11.4. The Hall–Kier alpha value is -2.11. The van der Waals surface area contributed by atoms with Gasteiger partial charge in [-0.2, -0.15) is 0 Å². The molecule has 0 aliphatic carbocycles. The van der Waals surface area contributed by atoms with Crippen molar-refractivity contribution in [3.8, 4) is 0 Å². The van der Waals surface area contributed by atoms with Crippen LogP contribution < -0.4 is 5.32 Å². The standard InChI is InChI=1S/C11H14N4O2/c1-3-5-15-10(16)8(13-11(15)17)7-9-12-4-6-14(9)2/h4,6-7H,3,5H2,1-2H3,(H,13,17)/b8-7-. The van der Waals surface area contributed by atoms with Crippen LogP contribution in [0.15, 0.2) is 18.1 Å². The van der Waals surface area contributed by atoms with Crippen LogP contribution in [0.5, 0.6) is 0 Å². The fourth-order valence-corrected chi connectivity index (χ4v) is 1.64. The van der Waals surface area contributed by atoms with Crippen LogP contribution in [0.3, 0.4) is 0 Å². The molecule has 90 valence electrons. The summed E-state index contributed by atoms with van der Waals surface area (Å²) in [5, 5.41) is 2.55. The predicted molar refractivity (Wildman–Crippen MR) is 61.7 cm³/mol. The zero-order chi connectivity index (χ0) is 12.4. The lowest BCUT2D eigenvalue weighted by molar-refractivity contribution is -0.122. The smallest absolute Gasteiger partial charge is 0.329 e. The summed E-state index contributed by atoms with van der Waals surface area (Å²) >= 11 is 0. The normalized spacial score (nSPS) is 18.0. The number of nitrogens with zero attached hydrogens (tertiary/aromatic N) is 3. The summed E-state index contributed by atoms with van der Waals surface area (Å²) < 4.78 is 1.77. The van der Waals surface area contributed by atoms with Crippen LogP contribution in [0.1, 0.15) is 19.2 Å². The molecule has 0 radical (unpaired) electrons. The number of amides is 3. The summed E-state index contributed by atoms with van der Waals surface area (Å²) in [5.41, 5.74) is 0.276. The number of hydrogen-bond acceptors (Lipinski definition) is 3. The molecule has 0 spiro atoms. The van der Waals surface area contributed by atoms with Crippen molar-refractivity contribution in [3.63, 3.8) is 0 Å². The zero-order valence-electron chi connectivity index (χ0n) is 9.80. The molecule has 0 unspecified atom stereocenters. The van der Waals surface area contributed by atoms with Gasteiger partial charge in [0.2, 0.25) is 0 Å². The fourth-order valence-electron chi connectivity index (χ4n) is 1.64. The Morgan fingerprint density at radius 2 is 2.24 bits per heavy atom. The molecule has 17 heavy (non-hydrogen) atoms. The van der Waals surface area contributed by atoms with Gasteiger partial charge < -0.3 is 9.88 Å². The lowest BCUT2D eigenvalue weighted by Crippen LogP contribution is -2.31. The molecule has 1 N–H and O–H groups in total. The van der Waals surface area contributed by atoms with Gasteiger partial charge in [0, 0.05) is 32.1 Å². The highest BCUT2D eigenvalue weighted by Crippen LogP contribution is 2.12. The van der Waals surface area contributed by atoms with Gasteiger partial charge in [-0.05, 0) is 6.42 Å². The number of hydrogen-bond donors (Lipinski definition) is 1. The maximum Gasteiger partial charge on any atom is 0.329 e. The highest BCUT2D eigenvalue weighted by Gasteiger charge is 2.32. The maximum atomic E-state index is 11.9. The first-order chi connectivity index (χ1) is 8.13. The van der Waals surface area contributed by atoms with Gasteiger partial charge in [-0.3, -0.25) is 9.69 Å². The monoisotopic (exact) mass is 234 g/mol. The van der Waals surface area contributed by atoms with E-state index in [1.54, 1.807) is 23.0 Å². The van der Waals surface area contributed by atoms with Crippen LogP contribution >= 0.6 is 0 Å². The average Bonchev–Trinajstić information content (AvgIpc) is 2.79. The summed E-state index contributed by atoms with van der Waals surface area (Å²) in [7, 11) is 1.82. The molecule has 6 nitrogen and oxygen atoms in total. The van der Waals surface area contributed by atoms with Gasteiger partial charge in [-0.15, -0.1) is 0 Å². The number of carbonyl (C=O) groups excluding carboxylic acids is 2. The van der Waals surface area contributed by atoms with E-state index in [2.05, 4.69) is 10.3 Å². The predicted octanol–water partition coefficient (Wildman–Crippen LogP) is 0.723. The van der Waals surface area contributed by atoms with E-state index in [1.807, 2.05) is 14.0 Å². The number of rotatable bonds is 3. The first-order valence-corrected chi connectivity index (χ1v) is 5.45. The molecule has 1 saturated heterocycles. The largest absolute Gasteiger partial charge is 0.334 e. The van der Waals surface area contributed by atoms with E-state index in [9.17, 15) is 9.59 Å². The molecule has 0 bridgehead atoms.